The molecule has 0 fully saturated rings. The normalized spacial score (nSPS) is 10.3. The van der Waals surface area contributed by atoms with Crippen molar-refractivity contribution >= 4 is 22.0 Å². The molecule has 2 aromatic rings. The van der Waals surface area contributed by atoms with Crippen molar-refractivity contribution < 1.29 is 5.11 Å². The zero-order valence-corrected chi connectivity index (χ0v) is 8.21. The van der Waals surface area contributed by atoms with Gasteiger partial charge in [-0.15, -0.1) is 11.3 Å². The Labute approximate surface area is 85.6 Å². The van der Waals surface area contributed by atoms with Crippen molar-refractivity contribution in [1.29, 1.82) is 0 Å². The largest absolute Gasteiger partial charge is 0.507 e. The fraction of sp³-hybridized carbons (Fsp3) is 0. The van der Waals surface area contributed by atoms with E-state index in [0.717, 1.165) is 16.1 Å². The number of benzene rings is 1. The Bertz CT molecular complexity index is 465. The van der Waals surface area contributed by atoms with Crippen LogP contribution in [0.5, 0.6) is 5.75 Å². The predicted molar refractivity (Wildman–Crippen MR) is 60.2 cm³/mol. The molecule has 2 rings (SSSR count). The number of phenols is 1. The van der Waals surface area contributed by atoms with Crippen LogP contribution >= 0.6 is 11.3 Å². The van der Waals surface area contributed by atoms with Crippen LogP contribution in [0.4, 0.5) is 10.7 Å². The van der Waals surface area contributed by atoms with Gasteiger partial charge in [-0.1, -0.05) is 0 Å². The summed E-state index contributed by atoms with van der Waals surface area (Å²) in [5.74, 6) is 0.183. The SMILES string of the molecule is Nc1ccc(-c2csc(N)c2)c(O)c1. The van der Waals surface area contributed by atoms with Crippen LogP contribution in [0.1, 0.15) is 0 Å². The van der Waals surface area contributed by atoms with E-state index >= 15 is 0 Å². The number of hydrogen-bond acceptors (Lipinski definition) is 4. The smallest absolute Gasteiger partial charge is 0.125 e. The Balaban J connectivity index is 2.52. The number of thiophene rings is 1. The molecular formula is C10H10N2OS. The number of rotatable bonds is 1. The first-order valence-electron chi connectivity index (χ1n) is 4.09. The topological polar surface area (TPSA) is 72.3 Å². The van der Waals surface area contributed by atoms with Crippen LogP contribution in [0.2, 0.25) is 0 Å². The molecule has 0 aliphatic heterocycles. The van der Waals surface area contributed by atoms with E-state index in [1.165, 1.54) is 17.4 Å². The van der Waals surface area contributed by atoms with Crippen molar-refractivity contribution in [2.45, 2.75) is 0 Å². The molecule has 0 atom stereocenters. The molecule has 72 valence electrons. The van der Waals surface area contributed by atoms with Crippen molar-refractivity contribution in [3.8, 4) is 16.9 Å². The summed E-state index contributed by atoms with van der Waals surface area (Å²) < 4.78 is 0. The lowest BCUT2D eigenvalue weighted by Crippen LogP contribution is -1.84. The van der Waals surface area contributed by atoms with Gasteiger partial charge in [0.25, 0.3) is 0 Å². The van der Waals surface area contributed by atoms with Gasteiger partial charge in [0.1, 0.15) is 5.75 Å². The first kappa shape index (κ1) is 8.90. The van der Waals surface area contributed by atoms with Crippen molar-refractivity contribution in [2.24, 2.45) is 0 Å². The molecule has 0 saturated carbocycles. The number of anilines is 2. The van der Waals surface area contributed by atoms with E-state index in [2.05, 4.69) is 0 Å². The molecule has 0 aliphatic rings. The van der Waals surface area contributed by atoms with E-state index in [-0.39, 0.29) is 5.75 Å². The second-order valence-corrected chi connectivity index (χ2v) is 3.96. The van der Waals surface area contributed by atoms with Crippen LogP contribution in [0, 0.1) is 0 Å². The van der Waals surface area contributed by atoms with E-state index in [4.69, 9.17) is 11.5 Å². The minimum Gasteiger partial charge on any atom is -0.507 e. The van der Waals surface area contributed by atoms with Crippen LogP contribution < -0.4 is 11.5 Å². The molecule has 1 aromatic heterocycles. The lowest BCUT2D eigenvalue weighted by atomic mass is 10.1. The summed E-state index contributed by atoms with van der Waals surface area (Å²) >= 11 is 1.45. The lowest BCUT2D eigenvalue weighted by molar-refractivity contribution is 0.477. The summed E-state index contributed by atoms with van der Waals surface area (Å²) in [6.07, 6.45) is 0. The molecule has 1 aromatic carbocycles. The average molecular weight is 206 g/mol. The van der Waals surface area contributed by atoms with E-state index in [0.29, 0.717) is 5.69 Å². The fourth-order valence-electron chi connectivity index (χ4n) is 1.29. The zero-order valence-electron chi connectivity index (χ0n) is 7.40. The van der Waals surface area contributed by atoms with Gasteiger partial charge in [0.15, 0.2) is 0 Å². The molecule has 0 amide bonds. The van der Waals surface area contributed by atoms with Gasteiger partial charge < -0.3 is 16.6 Å². The minimum atomic E-state index is 0.183. The number of phenolic OH excluding ortho intramolecular Hbond substituents is 1. The highest BCUT2D eigenvalue weighted by Crippen LogP contribution is 2.34. The van der Waals surface area contributed by atoms with Crippen LogP contribution in [0.3, 0.4) is 0 Å². The number of hydrogen-bond donors (Lipinski definition) is 3. The number of nitrogen functional groups attached to an aromatic ring is 2. The molecule has 5 N–H and O–H groups in total. The van der Waals surface area contributed by atoms with Gasteiger partial charge in [0.2, 0.25) is 0 Å². The van der Waals surface area contributed by atoms with Crippen LogP contribution in [-0.2, 0) is 0 Å². The van der Waals surface area contributed by atoms with Gasteiger partial charge in [-0.25, -0.2) is 0 Å². The highest BCUT2D eigenvalue weighted by Gasteiger charge is 2.05. The maximum atomic E-state index is 9.64. The second kappa shape index (κ2) is 3.23. The second-order valence-electron chi connectivity index (χ2n) is 3.01. The summed E-state index contributed by atoms with van der Waals surface area (Å²) in [5.41, 5.74) is 13.4. The maximum Gasteiger partial charge on any atom is 0.125 e. The third-order valence-corrected chi connectivity index (χ3v) is 2.71. The quantitative estimate of drug-likeness (QED) is 0.627. The molecule has 0 spiro atoms. The van der Waals surface area contributed by atoms with Gasteiger partial charge in [-0.3, -0.25) is 0 Å². The van der Waals surface area contributed by atoms with Gasteiger partial charge in [0.05, 0.1) is 5.00 Å². The van der Waals surface area contributed by atoms with E-state index in [9.17, 15) is 5.11 Å². The van der Waals surface area contributed by atoms with Crippen molar-refractivity contribution in [2.75, 3.05) is 11.5 Å². The summed E-state index contributed by atoms with van der Waals surface area (Å²) in [4.78, 5) is 0. The molecule has 0 aliphatic carbocycles. The summed E-state index contributed by atoms with van der Waals surface area (Å²) in [7, 11) is 0. The molecule has 3 nitrogen and oxygen atoms in total. The summed E-state index contributed by atoms with van der Waals surface area (Å²) in [6, 6.07) is 6.90. The molecule has 0 radical (unpaired) electrons. The minimum absolute atomic E-state index is 0.183. The van der Waals surface area contributed by atoms with Gasteiger partial charge in [0, 0.05) is 22.7 Å². The van der Waals surface area contributed by atoms with Gasteiger partial charge in [-0.2, -0.15) is 0 Å². The Morgan fingerprint density at radius 2 is 1.93 bits per heavy atom. The Kier molecular flexibility index (Phi) is 2.05. The van der Waals surface area contributed by atoms with E-state index in [1.807, 2.05) is 11.4 Å². The summed E-state index contributed by atoms with van der Waals surface area (Å²) in [5, 5.41) is 12.3. The third kappa shape index (κ3) is 1.52. The predicted octanol–water partition coefficient (Wildman–Crippen LogP) is 2.29. The van der Waals surface area contributed by atoms with Crippen molar-refractivity contribution in [3.05, 3.63) is 29.6 Å². The highest BCUT2D eigenvalue weighted by molar-refractivity contribution is 7.14. The number of nitrogens with two attached hydrogens (primary N) is 2. The monoisotopic (exact) mass is 206 g/mol. The molecular weight excluding hydrogens is 196 g/mol. The molecule has 0 saturated heterocycles. The molecule has 0 unspecified atom stereocenters. The van der Waals surface area contributed by atoms with Gasteiger partial charge >= 0.3 is 0 Å². The van der Waals surface area contributed by atoms with E-state index < -0.39 is 0 Å². The summed E-state index contributed by atoms with van der Waals surface area (Å²) in [6.45, 7) is 0. The maximum absolute atomic E-state index is 9.64. The van der Waals surface area contributed by atoms with Crippen molar-refractivity contribution in [1.82, 2.24) is 0 Å². The number of aromatic hydroxyl groups is 1. The van der Waals surface area contributed by atoms with Crippen LogP contribution in [0.15, 0.2) is 29.6 Å². The Morgan fingerprint density at radius 1 is 1.14 bits per heavy atom. The lowest BCUT2D eigenvalue weighted by Gasteiger charge is -2.02. The van der Waals surface area contributed by atoms with Gasteiger partial charge in [-0.05, 0) is 23.8 Å². The molecule has 14 heavy (non-hydrogen) atoms. The van der Waals surface area contributed by atoms with Crippen LogP contribution in [-0.4, -0.2) is 5.11 Å². The fourth-order valence-corrected chi connectivity index (χ4v) is 1.94. The highest BCUT2D eigenvalue weighted by atomic mass is 32.1. The van der Waals surface area contributed by atoms with E-state index in [1.54, 1.807) is 12.1 Å². The molecule has 4 heteroatoms. The first-order chi connectivity index (χ1) is 6.66. The first-order valence-corrected chi connectivity index (χ1v) is 4.97. The molecule has 0 bridgehead atoms. The van der Waals surface area contributed by atoms with Crippen LogP contribution in [0.25, 0.3) is 11.1 Å². The Hall–Kier alpha value is -1.68. The Morgan fingerprint density at radius 3 is 2.50 bits per heavy atom. The average Bonchev–Trinajstić information content (AvgIpc) is 2.51. The van der Waals surface area contributed by atoms with Crippen molar-refractivity contribution in [3.63, 3.8) is 0 Å². The standard InChI is InChI=1S/C10H10N2OS/c11-7-1-2-8(9(13)4-7)6-3-10(12)14-5-6/h1-5,13H,11-12H2. The zero-order chi connectivity index (χ0) is 10.1. The molecule has 1 heterocycles. The third-order valence-electron chi connectivity index (χ3n) is 1.95.